The molecule has 3 heterocycles. The van der Waals surface area contributed by atoms with Crippen molar-refractivity contribution in [3.63, 3.8) is 0 Å². The maximum absolute atomic E-state index is 12.9. The number of piperidine rings is 1. The second kappa shape index (κ2) is 7.78. The molecule has 2 aliphatic heterocycles. The minimum Gasteiger partial charge on any atom is -0.448 e. The molecule has 6 heteroatoms. The smallest absolute Gasteiger partial charge is 0.339 e. The van der Waals surface area contributed by atoms with Crippen molar-refractivity contribution in [1.29, 1.82) is 0 Å². The van der Waals surface area contributed by atoms with Crippen LogP contribution in [0.25, 0.3) is 10.8 Å². The van der Waals surface area contributed by atoms with Crippen molar-refractivity contribution in [3.8, 4) is 0 Å². The maximum Gasteiger partial charge on any atom is 0.339 e. The molecule has 3 aromatic rings. The average Bonchev–Trinajstić information content (AvgIpc) is 2.80. The standard InChI is InChI=1S/C24H23N3O3/c28-23(22-14-16-6-2-3-7-17(16)24(29)30-22)26-20-8-9-21(27-12-4-1-5-13-27)18-10-11-25-15-19(18)20/h2-3,6-11,15,22H,1,4-5,12-14H2,(H,26,28)/t22-/m0/s1. The van der Waals surface area contributed by atoms with Gasteiger partial charge in [-0.05, 0) is 49.1 Å². The van der Waals surface area contributed by atoms with E-state index in [4.69, 9.17) is 4.74 Å². The lowest BCUT2D eigenvalue weighted by Crippen LogP contribution is -2.38. The molecule has 0 aliphatic carbocycles. The summed E-state index contributed by atoms with van der Waals surface area (Å²) in [6.07, 6.45) is 6.74. The number of cyclic esters (lactones) is 1. The van der Waals surface area contributed by atoms with Gasteiger partial charge in [-0.1, -0.05) is 18.2 Å². The van der Waals surface area contributed by atoms with Crippen LogP contribution in [-0.4, -0.2) is 36.1 Å². The number of benzene rings is 2. The van der Waals surface area contributed by atoms with Gasteiger partial charge in [-0.15, -0.1) is 0 Å². The number of rotatable bonds is 3. The van der Waals surface area contributed by atoms with Gasteiger partial charge < -0.3 is 15.0 Å². The fourth-order valence-corrected chi connectivity index (χ4v) is 4.38. The molecule has 1 atom stereocenters. The van der Waals surface area contributed by atoms with Gasteiger partial charge in [0.15, 0.2) is 6.10 Å². The zero-order chi connectivity index (χ0) is 20.5. The van der Waals surface area contributed by atoms with Crippen molar-refractivity contribution in [1.82, 2.24) is 4.98 Å². The van der Waals surface area contributed by atoms with E-state index in [-0.39, 0.29) is 5.91 Å². The van der Waals surface area contributed by atoms with E-state index in [0.29, 0.717) is 17.7 Å². The summed E-state index contributed by atoms with van der Waals surface area (Å²) in [5, 5.41) is 4.91. The number of anilines is 2. The largest absolute Gasteiger partial charge is 0.448 e. The lowest BCUT2D eigenvalue weighted by Gasteiger charge is -2.30. The normalized spacial score (nSPS) is 18.6. The number of hydrogen-bond acceptors (Lipinski definition) is 5. The maximum atomic E-state index is 12.9. The molecule has 1 amide bonds. The second-order valence-corrected chi connectivity index (χ2v) is 7.85. The van der Waals surface area contributed by atoms with Crippen molar-refractivity contribution in [2.24, 2.45) is 0 Å². The molecule has 1 fully saturated rings. The van der Waals surface area contributed by atoms with E-state index in [0.717, 1.165) is 29.4 Å². The quantitative estimate of drug-likeness (QED) is 0.673. The molecule has 2 aromatic carbocycles. The van der Waals surface area contributed by atoms with Crippen molar-refractivity contribution < 1.29 is 14.3 Å². The molecule has 0 radical (unpaired) electrons. The third kappa shape index (κ3) is 3.38. The Morgan fingerprint density at radius 2 is 1.87 bits per heavy atom. The van der Waals surface area contributed by atoms with Gasteiger partial charge in [0.1, 0.15) is 0 Å². The van der Waals surface area contributed by atoms with E-state index in [9.17, 15) is 9.59 Å². The molecule has 1 saturated heterocycles. The molecule has 2 aliphatic rings. The van der Waals surface area contributed by atoms with E-state index in [1.54, 1.807) is 24.5 Å². The van der Waals surface area contributed by atoms with E-state index in [2.05, 4.69) is 21.3 Å². The van der Waals surface area contributed by atoms with Gasteiger partial charge in [0.25, 0.3) is 5.91 Å². The van der Waals surface area contributed by atoms with Gasteiger partial charge in [0, 0.05) is 48.4 Å². The zero-order valence-electron chi connectivity index (χ0n) is 16.6. The zero-order valence-corrected chi connectivity index (χ0v) is 16.6. The number of fused-ring (bicyclic) bond motifs is 2. The molecular weight excluding hydrogens is 378 g/mol. The highest BCUT2D eigenvalue weighted by atomic mass is 16.5. The van der Waals surface area contributed by atoms with Crippen molar-refractivity contribution in [2.45, 2.75) is 31.8 Å². The van der Waals surface area contributed by atoms with Crippen LogP contribution in [0.5, 0.6) is 0 Å². The number of ether oxygens (including phenoxy) is 1. The number of esters is 1. The number of carbonyl (C=O) groups excluding carboxylic acids is 2. The van der Waals surface area contributed by atoms with Crippen molar-refractivity contribution in [3.05, 3.63) is 66.0 Å². The van der Waals surface area contributed by atoms with Crippen LogP contribution in [0.4, 0.5) is 11.4 Å². The summed E-state index contributed by atoms with van der Waals surface area (Å²) < 4.78 is 5.40. The van der Waals surface area contributed by atoms with Gasteiger partial charge >= 0.3 is 5.97 Å². The number of hydrogen-bond donors (Lipinski definition) is 1. The Kier molecular flexibility index (Phi) is 4.83. The first-order valence-corrected chi connectivity index (χ1v) is 10.4. The number of aromatic nitrogens is 1. The highest BCUT2D eigenvalue weighted by Gasteiger charge is 2.31. The highest BCUT2D eigenvalue weighted by molar-refractivity contribution is 6.08. The number of pyridine rings is 1. The molecule has 152 valence electrons. The number of nitrogens with zero attached hydrogens (tertiary/aromatic N) is 2. The number of nitrogens with one attached hydrogen (secondary N) is 1. The molecule has 1 aromatic heterocycles. The molecule has 0 saturated carbocycles. The molecule has 0 unspecified atom stereocenters. The summed E-state index contributed by atoms with van der Waals surface area (Å²) in [7, 11) is 0. The molecular formula is C24H23N3O3. The summed E-state index contributed by atoms with van der Waals surface area (Å²) >= 11 is 0. The Morgan fingerprint density at radius 3 is 2.73 bits per heavy atom. The Labute approximate surface area is 174 Å². The van der Waals surface area contributed by atoms with Crippen LogP contribution in [0.1, 0.15) is 35.2 Å². The van der Waals surface area contributed by atoms with Crippen LogP contribution in [0.3, 0.4) is 0 Å². The summed E-state index contributed by atoms with van der Waals surface area (Å²) in [5.74, 6) is -0.780. The first-order valence-electron chi connectivity index (χ1n) is 10.4. The summed E-state index contributed by atoms with van der Waals surface area (Å²) in [4.78, 5) is 31.9. The van der Waals surface area contributed by atoms with E-state index in [1.165, 1.54) is 24.9 Å². The van der Waals surface area contributed by atoms with Crippen LogP contribution in [0.2, 0.25) is 0 Å². The Hall–Kier alpha value is -3.41. The van der Waals surface area contributed by atoms with Crippen molar-refractivity contribution in [2.75, 3.05) is 23.3 Å². The fourth-order valence-electron chi connectivity index (χ4n) is 4.38. The van der Waals surface area contributed by atoms with Gasteiger partial charge in [-0.3, -0.25) is 9.78 Å². The van der Waals surface area contributed by atoms with E-state index in [1.807, 2.05) is 24.3 Å². The molecule has 5 rings (SSSR count). The SMILES string of the molecule is O=C1O[C@H](C(=O)Nc2ccc(N3CCCCC3)c3ccncc23)Cc2ccccc21. The highest BCUT2D eigenvalue weighted by Crippen LogP contribution is 2.33. The summed E-state index contributed by atoms with van der Waals surface area (Å²) in [6.45, 7) is 2.08. The van der Waals surface area contributed by atoms with Gasteiger partial charge in [0.05, 0.1) is 11.3 Å². The summed E-state index contributed by atoms with van der Waals surface area (Å²) in [5.41, 5.74) is 3.21. The monoisotopic (exact) mass is 401 g/mol. The van der Waals surface area contributed by atoms with Crippen LogP contribution in [0, 0.1) is 0 Å². The minimum absolute atomic E-state index is 0.325. The van der Waals surface area contributed by atoms with Crippen LogP contribution in [-0.2, 0) is 16.0 Å². The van der Waals surface area contributed by atoms with Gasteiger partial charge in [-0.2, -0.15) is 0 Å². The molecule has 0 spiro atoms. The second-order valence-electron chi connectivity index (χ2n) is 7.85. The molecule has 30 heavy (non-hydrogen) atoms. The van der Waals surface area contributed by atoms with Crippen LogP contribution < -0.4 is 10.2 Å². The minimum atomic E-state index is -0.846. The van der Waals surface area contributed by atoms with Gasteiger partial charge in [-0.25, -0.2) is 4.79 Å². The van der Waals surface area contributed by atoms with Crippen molar-refractivity contribution >= 4 is 34.0 Å². The van der Waals surface area contributed by atoms with Crippen LogP contribution in [0.15, 0.2) is 54.9 Å². The topological polar surface area (TPSA) is 71.5 Å². The Balaban J connectivity index is 1.42. The van der Waals surface area contributed by atoms with E-state index >= 15 is 0 Å². The third-order valence-electron chi connectivity index (χ3n) is 5.93. The number of amides is 1. The first-order chi connectivity index (χ1) is 14.7. The third-order valence-corrected chi connectivity index (χ3v) is 5.93. The molecule has 0 bridgehead atoms. The first kappa shape index (κ1) is 18.6. The Bertz CT molecular complexity index is 1120. The van der Waals surface area contributed by atoms with Gasteiger partial charge in [0.2, 0.25) is 0 Å². The Morgan fingerprint density at radius 1 is 1.03 bits per heavy atom. The predicted octanol–water partition coefficient (Wildman–Crippen LogP) is 3.95. The lowest BCUT2D eigenvalue weighted by atomic mass is 9.98. The fraction of sp³-hybridized carbons (Fsp3) is 0.292. The predicted molar refractivity (Wildman–Crippen MR) is 116 cm³/mol. The molecule has 1 N–H and O–H groups in total. The van der Waals surface area contributed by atoms with Crippen LogP contribution >= 0.6 is 0 Å². The molecule has 6 nitrogen and oxygen atoms in total. The van der Waals surface area contributed by atoms with E-state index < -0.39 is 12.1 Å². The average molecular weight is 401 g/mol. The lowest BCUT2D eigenvalue weighted by molar-refractivity contribution is -0.125. The summed E-state index contributed by atoms with van der Waals surface area (Å²) in [6, 6.07) is 13.2. The number of carbonyl (C=O) groups is 2.